The fourth-order valence-electron chi connectivity index (χ4n) is 2.83. The van der Waals surface area contributed by atoms with Crippen LogP contribution in [0.2, 0.25) is 0 Å². The number of rotatable bonds is 5. The van der Waals surface area contributed by atoms with Crippen LogP contribution in [-0.2, 0) is 6.54 Å². The smallest absolute Gasteiger partial charge is 0.255 e. The van der Waals surface area contributed by atoms with E-state index in [-0.39, 0.29) is 5.56 Å². The molecule has 2 aromatic carbocycles. The van der Waals surface area contributed by atoms with Crippen LogP contribution in [0.1, 0.15) is 11.1 Å². The fraction of sp³-hybridized carbons (Fsp3) is 0.0455. The van der Waals surface area contributed by atoms with Gasteiger partial charge in [0.05, 0.1) is 30.7 Å². The largest absolute Gasteiger partial charge is 0.439 e. The van der Waals surface area contributed by atoms with Gasteiger partial charge in [0, 0.05) is 18.0 Å². The molecule has 2 aromatic heterocycles. The summed E-state index contributed by atoms with van der Waals surface area (Å²) in [7, 11) is 0. The molecule has 0 bridgehead atoms. The number of hydrogen-bond donors (Lipinski definition) is 0. The van der Waals surface area contributed by atoms with Gasteiger partial charge in [-0.2, -0.15) is 5.26 Å². The SMILES string of the molecule is N#Cc1ccc(Oc2cncn2Cc2ccc(-n3ccccc3=O)cc2)cc1. The van der Waals surface area contributed by atoms with E-state index in [1.165, 1.54) is 6.07 Å². The van der Waals surface area contributed by atoms with Crippen LogP contribution in [0, 0.1) is 11.3 Å². The van der Waals surface area contributed by atoms with Crippen LogP contribution in [0.25, 0.3) is 5.69 Å². The van der Waals surface area contributed by atoms with Gasteiger partial charge >= 0.3 is 0 Å². The Hall–Kier alpha value is -4.11. The van der Waals surface area contributed by atoms with Crippen molar-refractivity contribution in [3.8, 4) is 23.4 Å². The Labute approximate surface area is 161 Å². The molecule has 4 aromatic rings. The zero-order valence-electron chi connectivity index (χ0n) is 14.9. The molecule has 0 amide bonds. The zero-order valence-corrected chi connectivity index (χ0v) is 14.9. The number of nitriles is 1. The van der Waals surface area contributed by atoms with Crippen molar-refractivity contribution in [1.82, 2.24) is 14.1 Å². The topological polar surface area (TPSA) is 72.8 Å². The van der Waals surface area contributed by atoms with Crippen LogP contribution in [0.3, 0.4) is 0 Å². The lowest BCUT2D eigenvalue weighted by atomic mass is 10.2. The minimum atomic E-state index is -0.0667. The van der Waals surface area contributed by atoms with Gasteiger partial charge in [-0.3, -0.25) is 13.9 Å². The normalized spacial score (nSPS) is 10.4. The highest BCUT2D eigenvalue weighted by Gasteiger charge is 2.07. The highest BCUT2D eigenvalue weighted by atomic mass is 16.5. The van der Waals surface area contributed by atoms with Gasteiger partial charge in [-0.05, 0) is 48.0 Å². The average molecular weight is 368 g/mol. The van der Waals surface area contributed by atoms with Crippen molar-refractivity contribution in [2.45, 2.75) is 6.54 Å². The van der Waals surface area contributed by atoms with Gasteiger partial charge in [0.25, 0.3) is 5.56 Å². The number of imidazole rings is 1. The number of benzene rings is 2. The summed E-state index contributed by atoms with van der Waals surface area (Å²) in [6, 6.07) is 21.9. The van der Waals surface area contributed by atoms with Gasteiger partial charge in [0.2, 0.25) is 5.88 Å². The highest BCUT2D eigenvalue weighted by molar-refractivity contribution is 5.37. The molecule has 6 nitrogen and oxygen atoms in total. The summed E-state index contributed by atoms with van der Waals surface area (Å²) in [6.45, 7) is 0.579. The molecule has 0 aliphatic heterocycles. The third-order valence-electron chi connectivity index (χ3n) is 4.27. The molecule has 2 heterocycles. The fourth-order valence-corrected chi connectivity index (χ4v) is 2.83. The van der Waals surface area contributed by atoms with Crippen LogP contribution in [0.4, 0.5) is 0 Å². The first kappa shape index (κ1) is 17.3. The van der Waals surface area contributed by atoms with Crippen molar-refractivity contribution in [3.05, 3.63) is 107 Å². The Morgan fingerprint density at radius 2 is 1.79 bits per heavy atom. The second kappa shape index (κ2) is 7.64. The van der Waals surface area contributed by atoms with Crippen molar-refractivity contribution in [3.63, 3.8) is 0 Å². The number of aromatic nitrogens is 3. The molecule has 6 heteroatoms. The van der Waals surface area contributed by atoms with Crippen molar-refractivity contribution < 1.29 is 4.74 Å². The monoisotopic (exact) mass is 368 g/mol. The van der Waals surface area contributed by atoms with E-state index in [0.717, 1.165) is 11.3 Å². The molecule has 136 valence electrons. The van der Waals surface area contributed by atoms with E-state index < -0.39 is 0 Å². The lowest BCUT2D eigenvalue weighted by Gasteiger charge is -2.11. The summed E-state index contributed by atoms with van der Waals surface area (Å²) < 4.78 is 9.36. The molecule has 0 saturated heterocycles. The van der Waals surface area contributed by atoms with E-state index >= 15 is 0 Å². The van der Waals surface area contributed by atoms with Gasteiger partial charge < -0.3 is 4.74 Å². The van der Waals surface area contributed by atoms with E-state index in [0.29, 0.717) is 23.7 Å². The van der Waals surface area contributed by atoms with Crippen LogP contribution in [0.15, 0.2) is 90.2 Å². The molecule has 0 fully saturated rings. The summed E-state index contributed by atoms with van der Waals surface area (Å²) in [5.74, 6) is 1.24. The lowest BCUT2D eigenvalue weighted by molar-refractivity contribution is 0.436. The Morgan fingerprint density at radius 1 is 1.00 bits per heavy atom. The predicted molar refractivity (Wildman–Crippen MR) is 105 cm³/mol. The Bertz CT molecular complexity index is 1180. The third kappa shape index (κ3) is 3.69. The maximum Gasteiger partial charge on any atom is 0.255 e. The molecule has 4 rings (SSSR count). The van der Waals surface area contributed by atoms with E-state index in [9.17, 15) is 4.79 Å². The molecular formula is C22H16N4O2. The van der Waals surface area contributed by atoms with Gasteiger partial charge in [-0.15, -0.1) is 0 Å². The molecule has 0 radical (unpaired) electrons. The highest BCUT2D eigenvalue weighted by Crippen LogP contribution is 2.22. The van der Waals surface area contributed by atoms with Gasteiger partial charge in [-0.1, -0.05) is 18.2 Å². The summed E-state index contributed by atoms with van der Waals surface area (Å²) in [6.07, 6.45) is 5.10. The van der Waals surface area contributed by atoms with E-state index in [2.05, 4.69) is 11.1 Å². The van der Waals surface area contributed by atoms with Gasteiger partial charge in [-0.25, -0.2) is 4.98 Å². The van der Waals surface area contributed by atoms with Crippen LogP contribution in [-0.4, -0.2) is 14.1 Å². The Balaban J connectivity index is 1.51. The van der Waals surface area contributed by atoms with E-state index in [1.807, 2.05) is 34.9 Å². The quantitative estimate of drug-likeness (QED) is 0.538. The first-order valence-electron chi connectivity index (χ1n) is 8.68. The molecule has 0 saturated carbocycles. The van der Waals surface area contributed by atoms with Crippen molar-refractivity contribution in [2.75, 3.05) is 0 Å². The van der Waals surface area contributed by atoms with Crippen LogP contribution >= 0.6 is 0 Å². The first-order valence-corrected chi connectivity index (χ1v) is 8.68. The van der Waals surface area contributed by atoms with Gasteiger partial charge in [0.1, 0.15) is 5.75 Å². The van der Waals surface area contributed by atoms with E-state index in [1.54, 1.807) is 53.6 Å². The van der Waals surface area contributed by atoms with Crippen molar-refractivity contribution in [2.24, 2.45) is 0 Å². The molecular weight excluding hydrogens is 352 g/mol. The Kier molecular flexibility index (Phi) is 4.72. The van der Waals surface area contributed by atoms with E-state index in [4.69, 9.17) is 10.00 Å². The number of pyridine rings is 1. The van der Waals surface area contributed by atoms with Gasteiger partial charge in [0.15, 0.2) is 0 Å². The second-order valence-electron chi connectivity index (χ2n) is 6.17. The molecule has 28 heavy (non-hydrogen) atoms. The minimum Gasteiger partial charge on any atom is -0.439 e. The second-order valence-corrected chi connectivity index (χ2v) is 6.17. The molecule has 0 unspecified atom stereocenters. The minimum absolute atomic E-state index is 0.0667. The molecule has 0 aliphatic rings. The molecule has 0 N–H and O–H groups in total. The molecule has 0 aliphatic carbocycles. The van der Waals surface area contributed by atoms with Crippen LogP contribution in [0.5, 0.6) is 11.6 Å². The third-order valence-corrected chi connectivity index (χ3v) is 4.27. The number of ether oxygens (including phenoxy) is 1. The average Bonchev–Trinajstić information content (AvgIpc) is 3.16. The predicted octanol–water partition coefficient (Wildman–Crippen LogP) is 3.75. The Morgan fingerprint density at radius 3 is 2.50 bits per heavy atom. The summed E-state index contributed by atoms with van der Waals surface area (Å²) in [5.41, 5.74) is 2.38. The first-order chi connectivity index (χ1) is 13.7. The number of nitrogens with zero attached hydrogens (tertiary/aromatic N) is 4. The van der Waals surface area contributed by atoms with Crippen molar-refractivity contribution in [1.29, 1.82) is 5.26 Å². The maximum atomic E-state index is 11.9. The summed E-state index contributed by atoms with van der Waals surface area (Å²) in [4.78, 5) is 16.1. The molecule has 0 atom stereocenters. The van der Waals surface area contributed by atoms with Crippen LogP contribution < -0.4 is 10.3 Å². The lowest BCUT2D eigenvalue weighted by Crippen LogP contribution is -2.15. The standard InChI is InChI=1S/C22H16N4O2/c23-13-17-6-10-20(11-7-17)28-22-14-24-16-25(22)15-18-4-8-19(9-5-18)26-12-2-1-3-21(26)27/h1-12,14,16H,15H2. The van der Waals surface area contributed by atoms with Crippen molar-refractivity contribution >= 4 is 0 Å². The molecule has 0 spiro atoms. The number of hydrogen-bond acceptors (Lipinski definition) is 4. The maximum absolute atomic E-state index is 11.9. The summed E-state index contributed by atoms with van der Waals surface area (Å²) in [5, 5.41) is 8.88. The zero-order chi connectivity index (χ0) is 19.3. The summed E-state index contributed by atoms with van der Waals surface area (Å²) >= 11 is 0.